The van der Waals surface area contributed by atoms with Crippen LogP contribution in [0.3, 0.4) is 0 Å². The number of hydrogen-bond acceptors (Lipinski definition) is 6. The number of phenolic OH excluding ortho intramolecular Hbond substituents is 1. The van der Waals surface area contributed by atoms with E-state index in [1.54, 1.807) is 12.1 Å². The fourth-order valence-corrected chi connectivity index (χ4v) is 2.02. The summed E-state index contributed by atoms with van der Waals surface area (Å²) in [5.41, 5.74) is 0.0975. The first kappa shape index (κ1) is 14.4. The van der Waals surface area contributed by atoms with Gasteiger partial charge in [-0.2, -0.15) is 14.9 Å². The van der Waals surface area contributed by atoms with Gasteiger partial charge in [0, 0.05) is 5.56 Å². The third-order valence-electron chi connectivity index (χ3n) is 2.38. The quantitative estimate of drug-likeness (QED) is 0.644. The van der Waals surface area contributed by atoms with Gasteiger partial charge in [-0.05, 0) is 40.3 Å². The van der Waals surface area contributed by atoms with E-state index in [9.17, 15) is 9.90 Å². The van der Waals surface area contributed by atoms with E-state index in [1.165, 1.54) is 13.3 Å². The van der Waals surface area contributed by atoms with E-state index in [1.807, 2.05) is 0 Å². The minimum Gasteiger partial charge on any atom is -0.503 e. The van der Waals surface area contributed by atoms with E-state index in [0.717, 1.165) is 10.9 Å². The number of hydrogen-bond donors (Lipinski definition) is 2. The van der Waals surface area contributed by atoms with Crippen molar-refractivity contribution >= 4 is 34.4 Å². The van der Waals surface area contributed by atoms with Crippen LogP contribution in [0.2, 0.25) is 0 Å². The third-order valence-corrected chi connectivity index (χ3v) is 3.48. The summed E-state index contributed by atoms with van der Waals surface area (Å²) in [6, 6.07) is 3.25. The summed E-state index contributed by atoms with van der Waals surface area (Å²) >= 11 is 8.13. The molecule has 0 saturated carbocycles. The Kier molecular flexibility index (Phi) is 4.30. The molecular formula is C11H9BrN4O3S. The van der Waals surface area contributed by atoms with E-state index in [2.05, 4.69) is 31.2 Å². The number of methoxy groups -OCH3 is 1. The largest absolute Gasteiger partial charge is 0.503 e. The smallest absolute Gasteiger partial charge is 0.293 e. The standard InChI is InChI=1S/C11H9BrN4O3S/c1-19-7-3-2-6(9(12)10(7)18)4-14-16-8(17)5-13-15-11(16)20/h2-5,18H,1H3,(H,15,20)/b14-4-. The average Bonchev–Trinajstić information content (AvgIpc) is 2.43. The van der Waals surface area contributed by atoms with Gasteiger partial charge in [-0.3, -0.25) is 9.89 Å². The van der Waals surface area contributed by atoms with E-state index in [0.29, 0.717) is 15.8 Å². The van der Waals surface area contributed by atoms with Crippen LogP contribution < -0.4 is 10.3 Å². The summed E-state index contributed by atoms with van der Waals surface area (Å²) in [5.74, 6) is 0.274. The number of H-pyrrole nitrogens is 1. The molecule has 0 atom stereocenters. The van der Waals surface area contributed by atoms with Crippen molar-refractivity contribution in [2.24, 2.45) is 5.10 Å². The molecule has 104 valence electrons. The highest BCUT2D eigenvalue weighted by Crippen LogP contribution is 2.35. The highest BCUT2D eigenvalue weighted by Gasteiger charge is 2.09. The minimum atomic E-state index is -0.459. The molecule has 2 aromatic rings. The lowest BCUT2D eigenvalue weighted by Gasteiger charge is -2.06. The Labute approximate surface area is 126 Å². The van der Waals surface area contributed by atoms with Gasteiger partial charge in [0.25, 0.3) is 5.56 Å². The Balaban J connectivity index is 2.45. The predicted molar refractivity (Wildman–Crippen MR) is 79.0 cm³/mol. The van der Waals surface area contributed by atoms with Crippen LogP contribution in [0.4, 0.5) is 0 Å². The van der Waals surface area contributed by atoms with Gasteiger partial charge in [-0.25, -0.2) is 0 Å². The first-order valence-electron chi connectivity index (χ1n) is 5.31. The van der Waals surface area contributed by atoms with Crippen molar-refractivity contribution in [3.05, 3.63) is 43.5 Å². The number of aromatic amines is 1. The van der Waals surface area contributed by atoms with Crippen LogP contribution in [0.1, 0.15) is 5.56 Å². The molecule has 2 N–H and O–H groups in total. The van der Waals surface area contributed by atoms with Crippen LogP contribution in [0.15, 0.2) is 32.7 Å². The fourth-order valence-electron chi connectivity index (χ4n) is 1.40. The van der Waals surface area contributed by atoms with Gasteiger partial charge in [0.1, 0.15) is 6.20 Å². The maximum atomic E-state index is 11.5. The highest BCUT2D eigenvalue weighted by molar-refractivity contribution is 9.10. The summed E-state index contributed by atoms with van der Waals surface area (Å²) in [6.45, 7) is 0. The number of phenols is 1. The molecular weight excluding hydrogens is 348 g/mol. The molecule has 0 saturated heterocycles. The lowest BCUT2D eigenvalue weighted by molar-refractivity contribution is 0.372. The minimum absolute atomic E-state index is 0.0521. The van der Waals surface area contributed by atoms with Crippen LogP contribution in [-0.2, 0) is 0 Å². The van der Waals surface area contributed by atoms with Crippen molar-refractivity contribution in [3.8, 4) is 11.5 Å². The van der Waals surface area contributed by atoms with Crippen LogP contribution in [-0.4, -0.2) is 33.3 Å². The molecule has 0 bridgehead atoms. The maximum absolute atomic E-state index is 11.5. The molecule has 7 nitrogen and oxygen atoms in total. The SMILES string of the molecule is COc1ccc(/C=N\n2c(=O)cn[nH]c2=S)c(Br)c1O. The lowest BCUT2D eigenvalue weighted by atomic mass is 10.2. The molecule has 0 aliphatic carbocycles. The van der Waals surface area contributed by atoms with Crippen LogP contribution in [0, 0.1) is 4.77 Å². The topological polar surface area (TPSA) is 92.5 Å². The summed E-state index contributed by atoms with van der Waals surface area (Å²) in [7, 11) is 1.45. The number of nitrogens with one attached hydrogen (secondary N) is 1. The second-order valence-electron chi connectivity index (χ2n) is 3.59. The summed E-state index contributed by atoms with van der Waals surface area (Å²) in [5, 5.41) is 19.8. The predicted octanol–water partition coefficient (Wildman–Crippen LogP) is 1.66. The van der Waals surface area contributed by atoms with Gasteiger partial charge in [-0.15, -0.1) is 0 Å². The molecule has 0 aliphatic heterocycles. The van der Waals surface area contributed by atoms with Crippen molar-refractivity contribution in [1.29, 1.82) is 0 Å². The molecule has 2 rings (SSSR count). The summed E-state index contributed by atoms with van der Waals surface area (Å²) in [4.78, 5) is 11.5. The molecule has 0 spiro atoms. The molecule has 9 heteroatoms. The molecule has 0 aliphatic rings. The molecule has 0 unspecified atom stereocenters. The van der Waals surface area contributed by atoms with E-state index in [4.69, 9.17) is 17.0 Å². The Morgan fingerprint density at radius 1 is 1.60 bits per heavy atom. The number of nitrogens with zero attached hydrogens (tertiary/aromatic N) is 3. The van der Waals surface area contributed by atoms with Crippen molar-refractivity contribution in [3.63, 3.8) is 0 Å². The highest BCUT2D eigenvalue weighted by atomic mass is 79.9. The first-order valence-corrected chi connectivity index (χ1v) is 6.51. The van der Waals surface area contributed by atoms with E-state index >= 15 is 0 Å². The zero-order valence-electron chi connectivity index (χ0n) is 10.2. The fraction of sp³-hybridized carbons (Fsp3) is 0.0909. The number of aromatic nitrogens is 3. The number of ether oxygens (including phenoxy) is 1. The molecule has 1 aromatic heterocycles. The molecule has 20 heavy (non-hydrogen) atoms. The lowest BCUT2D eigenvalue weighted by Crippen LogP contribution is -2.18. The van der Waals surface area contributed by atoms with Gasteiger partial charge in [-0.1, -0.05) is 0 Å². The molecule has 1 aromatic carbocycles. The molecule has 1 heterocycles. The molecule has 0 amide bonds. The number of halogens is 1. The maximum Gasteiger partial charge on any atom is 0.293 e. The Morgan fingerprint density at radius 2 is 2.35 bits per heavy atom. The van der Waals surface area contributed by atoms with Crippen molar-refractivity contribution in [2.75, 3.05) is 7.11 Å². The summed E-state index contributed by atoms with van der Waals surface area (Å²) in [6.07, 6.45) is 2.45. The Bertz CT molecular complexity index is 756. The zero-order valence-corrected chi connectivity index (χ0v) is 12.6. The average molecular weight is 357 g/mol. The monoisotopic (exact) mass is 356 g/mol. The number of aromatic hydroxyl groups is 1. The van der Waals surface area contributed by atoms with Crippen molar-refractivity contribution in [1.82, 2.24) is 14.9 Å². The molecule has 0 fully saturated rings. The van der Waals surface area contributed by atoms with Gasteiger partial charge >= 0.3 is 0 Å². The second-order valence-corrected chi connectivity index (χ2v) is 4.77. The van der Waals surface area contributed by atoms with Gasteiger partial charge < -0.3 is 9.84 Å². The number of benzene rings is 1. The van der Waals surface area contributed by atoms with Gasteiger partial charge in [0.2, 0.25) is 4.77 Å². The third kappa shape index (κ3) is 2.78. The summed E-state index contributed by atoms with van der Waals surface area (Å²) < 4.78 is 6.43. The van der Waals surface area contributed by atoms with E-state index in [-0.39, 0.29) is 10.5 Å². The van der Waals surface area contributed by atoms with Crippen LogP contribution in [0.5, 0.6) is 11.5 Å². The van der Waals surface area contributed by atoms with Crippen molar-refractivity contribution < 1.29 is 9.84 Å². The normalized spacial score (nSPS) is 10.9. The van der Waals surface area contributed by atoms with Gasteiger partial charge in [0.05, 0.1) is 17.8 Å². The first-order chi connectivity index (χ1) is 9.54. The molecule has 0 radical (unpaired) electrons. The number of rotatable bonds is 3. The van der Waals surface area contributed by atoms with Crippen LogP contribution in [0.25, 0.3) is 0 Å². The Morgan fingerprint density at radius 3 is 3.00 bits per heavy atom. The Hall–Kier alpha value is -2.00. The van der Waals surface area contributed by atoms with Crippen molar-refractivity contribution in [2.45, 2.75) is 0 Å². The second kappa shape index (κ2) is 5.97. The van der Waals surface area contributed by atoms with E-state index < -0.39 is 5.56 Å². The zero-order chi connectivity index (χ0) is 14.7. The van der Waals surface area contributed by atoms with Gasteiger partial charge in [0.15, 0.2) is 11.5 Å². The van der Waals surface area contributed by atoms with Crippen LogP contribution >= 0.6 is 28.1 Å².